The number of nitrogens with zero attached hydrogens (tertiary/aromatic N) is 4. The van der Waals surface area contributed by atoms with Crippen LogP contribution in [-0.4, -0.2) is 52.1 Å². The van der Waals surface area contributed by atoms with Gasteiger partial charge in [-0.15, -0.1) is 0 Å². The summed E-state index contributed by atoms with van der Waals surface area (Å²) >= 11 is 0. The molecule has 0 saturated heterocycles. The van der Waals surface area contributed by atoms with E-state index in [4.69, 9.17) is 9.47 Å². The molecule has 0 radical (unpaired) electrons. The van der Waals surface area contributed by atoms with Crippen LogP contribution >= 0.6 is 0 Å². The van der Waals surface area contributed by atoms with Gasteiger partial charge in [0.25, 0.3) is 0 Å². The lowest BCUT2D eigenvalue weighted by atomic mass is 9.89. The Labute approximate surface area is 176 Å². The van der Waals surface area contributed by atoms with Gasteiger partial charge in [0.15, 0.2) is 5.78 Å². The number of ketones is 1. The van der Waals surface area contributed by atoms with E-state index in [1.165, 1.54) is 18.9 Å². The van der Waals surface area contributed by atoms with E-state index >= 15 is 0 Å². The molecule has 2 aromatic carbocycles. The molecular weight excluding hydrogens is 402 g/mol. The van der Waals surface area contributed by atoms with E-state index < -0.39 is 23.8 Å². The third-order valence-electron chi connectivity index (χ3n) is 4.83. The minimum absolute atomic E-state index is 0.0549. The summed E-state index contributed by atoms with van der Waals surface area (Å²) in [4.78, 5) is 37.9. The van der Waals surface area contributed by atoms with Crippen LogP contribution in [0.1, 0.15) is 32.3 Å². The maximum Gasteiger partial charge on any atom is 0.355 e. The fraction of sp³-hybridized carbons (Fsp3) is 0.143. The van der Waals surface area contributed by atoms with Crippen molar-refractivity contribution in [1.29, 1.82) is 0 Å². The molecule has 0 amide bonds. The molecule has 1 aliphatic heterocycles. The molecule has 10 nitrogen and oxygen atoms in total. The Morgan fingerprint density at radius 1 is 0.903 bits per heavy atom. The number of carbonyl (C=O) groups excluding carboxylic acids is 3. The molecule has 156 valence electrons. The Bertz CT molecular complexity index is 1180. The molecule has 1 N–H and O–H groups in total. The van der Waals surface area contributed by atoms with Gasteiger partial charge in [-0.2, -0.15) is 4.68 Å². The third-order valence-corrected chi connectivity index (χ3v) is 4.83. The summed E-state index contributed by atoms with van der Waals surface area (Å²) in [6.07, 6.45) is 0. The van der Waals surface area contributed by atoms with Gasteiger partial charge in [-0.1, -0.05) is 47.6 Å². The van der Waals surface area contributed by atoms with Crippen LogP contribution in [0.4, 0.5) is 5.95 Å². The summed E-state index contributed by atoms with van der Waals surface area (Å²) < 4.78 is 11.0. The summed E-state index contributed by atoms with van der Waals surface area (Å²) in [5, 5.41) is 14.4. The lowest BCUT2D eigenvalue weighted by Gasteiger charge is -2.28. The molecule has 4 rings (SSSR count). The van der Waals surface area contributed by atoms with Gasteiger partial charge in [-0.25, -0.2) is 9.59 Å². The summed E-state index contributed by atoms with van der Waals surface area (Å²) in [6.45, 7) is 0. The molecule has 1 aromatic heterocycles. The Morgan fingerprint density at radius 3 is 2.23 bits per heavy atom. The lowest BCUT2D eigenvalue weighted by molar-refractivity contribution is -0.136. The van der Waals surface area contributed by atoms with E-state index in [2.05, 4.69) is 20.8 Å². The Morgan fingerprint density at radius 2 is 1.58 bits per heavy atom. The topological polar surface area (TPSA) is 125 Å². The second-order valence-corrected chi connectivity index (χ2v) is 6.56. The van der Waals surface area contributed by atoms with Gasteiger partial charge >= 0.3 is 11.9 Å². The summed E-state index contributed by atoms with van der Waals surface area (Å²) in [6, 6.07) is 14.1. The highest BCUT2D eigenvalue weighted by Crippen LogP contribution is 2.36. The second-order valence-electron chi connectivity index (χ2n) is 6.56. The molecule has 31 heavy (non-hydrogen) atoms. The van der Waals surface area contributed by atoms with Crippen LogP contribution in [0.3, 0.4) is 0 Å². The summed E-state index contributed by atoms with van der Waals surface area (Å²) in [5.41, 5.74) is 1.37. The van der Waals surface area contributed by atoms with Gasteiger partial charge in [0.05, 0.1) is 25.4 Å². The number of Topliss-reactive ketones (excluding diaryl/α,β-unsaturated/α-hetero) is 1. The first-order valence-corrected chi connectivity index (χ1v) is 9.20. The van der Waals surface area contributed by atoms with Crippen LogP contribution in [-0.2, 0) is 14.3 Å². The number of fused-ring (bicyclic) bond motifs is 1. The van der Waals surface area contributed by atoms with Crippen molar-refractivity contribution >= 4 is 23.7 Å². The number of carbonyl (C=O) groups is 3. The normalized spacial score (nSPS) is 15.0. The highest BCUT2D eigenvalue weighted by molar-refractivity contribution is 6.14. The maximum atomic E-state index is 13.5. The van der Waals surface area contributed by atoms with E-state index in [1.807, 2.05) is 0 Å². The number of rotatable bonds is 5. The van der Waals surface area contributed by atoms with Crippen molar-refractivity contribution in [3.8, 4) is 0 Å². The molecular formula is C21H17N5O5. The number of tetrazole rings is 1. The number of benzene rings is 2. The molecule has 1 aliphatic rings. The Balaban J connectivity index is 1.90. The Kier molecular flexibility index (Phi) is 5.27. The zero-order valence-corrected chi connectivity index (χ0v) is 16.6. The highest BCUT2D eigenvalue weighted by atomic mass is 16.5. The molecule has 2 heterocycles. The molecule has 3 aromatic rings. The fourth-order valence-electron chi connectivity index (χ4n) is 3.36. The number of esters is 2. The average molecular weight is 419 g/mol. The van der Waals surface area contributed by atoms with Crippen LogP contribution in [0.25, 0.3) is 0 Å². The van der Waals surface area contributed by atoms with Gasteiger partial charge in [-0.05, 0) is 28.1 Å². The van der Waals surface area contributed by atoms with Crippen LogP contribution in [0.2, 0.25) is 0 Å². The van der Waals surface area contributed by atoms with Crippen molar-refractivity contribution in [3.05, 3.63) is 82.6 Å². The SMILES string of the molecule is COC(=O)C1=C(C(=O)c2ccccc2)C(c2ccc(C(=O)OC)cc2)n2nnnc2N1. The van der Waals surface area contributed by atoms with E-state index in [9.17, 15) is 14.4 Å². The van der Waals surface area contributed by atoms with Crippen LogP contribution < -0.4 is 5.32 Å². The Hall–Kier alpha value is -4.34. The summed E-state index contributed by atoms with van der Waals surface area (Å²) in [7, 11) is 2.51. The number of allylic oxidation sites excluding steroid dienone is 1. The lowest BCUT2D eigenvalue weighted by Crippen LogP contribution is -2.33. The van der Waals surface area contributed by atoms with Gasteiger partial charge in [0.2, 0.25) is 5.95 Å². The van der Waals surface area contributed by atoms with Crippen molar-refractivity contribution in [3.63, 3.8) is 0 Å². The molecule has 1 unspecified atom stereocenters. The fourth-order valence-corrected chi connectivity index (χ4v) is 3.36. The number of nitrogens with one attached hydrogen (secondary N) is 1. The first-order valence-electron chi connectivity index (χ1n) is 9.20. The molecule has 0 aliphatic carbocycles. The van der Waals surface area contributed by atoms with Crippen molar-refractivity contribution in [2.24, 2.45) is 0 Å². The molecule has 0 saturated carbocycles. The van der Waals surface area contributed by atoms with E-state index in [0.29, 0.717) is 16.7 Å². The number of ether oxygens (including phenoxy) is 2. The molecule has 0 fully saturated rings. The van der Waals surface area contributed by atoms with Crippen LogP contribution in [0.5, 0.6) is 0 Å². The van der Waals surface area contributed by atoms with Crippen molar-refractivity contribution in [1.82, 2.24) is 20.2 Å². The monoisotopic (exact) mass is 419 g/mol. The van der Waals surface area contributed by atoms with E-state index in [-0.39, 0.29) is 17.2 Å². The van der Waals surface area contributed by atoms with Gasteiger partial charge in [0.1, 0.15) is 11.7 Å². The number of anilines is 1. The quantitative estimate of drug-likeness (QED) is 0.486. The number of aromatic nitrogens is 4. The average Bonchev–Trinajstić information content (AvgIpc) is 3.30. The first-order chi connectivity index (χ1) is 15.0. The van der Waals surface area contributed by atoms with Crippen molar-refractivity contribution < 1.29 is 23.9 Å². The standard InChI is InChI=1S/C21H17N5O5/c1-30-19(28)14-10-8-12(9-11-14)17-15(18(27)13-6-4-3-5-7-13)16(20(29)31-2)22-21-23-24-25-26(17)21/h3-11,17H,1-2H3,(H,22,23,25). The van der Waals surface area contributed by atoms with Crippen LogP contribution in [0.15, 0.2) is 65.9 Å². The predicted molar refractivity (Wildman–Crippen MR) is 107 cm³/mol. The zero-order chi connectivity index (χ0) is 22.0. The third kappa shape index (κ3) is 3.54. The molecule has 0 spiro atoms. The largest absolute Gasteiger partial charge is 0.465 e. The molecule has 10 heteroatoms. The number of methoxy groups -OCH3 is 2. The molecule has 0 bridgehead atoms. The number of hydrogen-bond acceptors (Lipinski definition) is 9. The van der Waals surface area contributed by atoms with Gasteiger partial charge in [-0.3, -0.25) is 4.79 Å². The zero-order valence-electron chi connectivity index (χ0n) is 16.6. The highest BCUT2D eigenvalue weighted by Gasteiger charge is 2.38. The minimum atomic E-state index is -0.834. The first kappa shape index (κ1) is 20.0. The summed E-state index contributed by atoms with van der Waals surface area (Å²) in [5.74, 6) is -1.44. The second kappa shape index (κ2) is 8.19. The number of hydrogen-bond donors (Lipinski definition) is 1. The van der Waals surface area contributed by atoms with E-state index in [1.54, 1.807) is 54.6 Å². The van der Waals surface area contributed by atoms with Gasteiger partial charge < -0.3 is 14.8 Å². The van der Waals surface area contributed by atoms with Crippen LogP contribution in [0, 0.1) is 0 Å². The van der Waals surface area contributed by atoms with Crippen molar-refractivity contribution in [2.75, 3.05) is 19.5 Å². The van der Waals surface area contributed by atoms with Crippen molar-refractivity contribution in [2.45, 2.75) is 6.04 Å². The maximum absolute atomic E-state index is 13.5. The van der Waals surface area contributed by atoms with Gasteiger partial charge in [0, 0.05) is 5.56 Å². The predicted octanol–water partition coefficient (Wildman–Crippen LogP) is 1.78. The molecule has 1 atom stereocenters. The minimum Gasteiger partial charge on any atom is -0.465 e. The smallest absolute Gasteiger partial charge is 0.355 e. The van der Waals surface area contributed by atoms with E-state index in [0.717, 1.165) is 0 Å².